The summed E-state index contributed by atoms with van der Waals surface area (Å²) < 4.78 is 14.8. The second kappa shape index (κ2) is 7.56. The number of fused-ring (bicyclic) bond motifs is 1. The van der Waals surface area contributed by atoms with E-state index in [-0.39, 0.29) is 22.0 Å². The first-order chi connectivity index (χ1) is 13.5. The van der Waals surface area contributed by atoms with Crippen molar-refractivity contribution in [3.8, 4) is 0 Å². The Kier molecular flexibility index (Phi) is 4.96. The number of nitrogens with one attached hydrogen (secondary N) is 1. The number of carbonyl (C=O) groups is 2. The van der Waals surface area contributed by atoms with E-state index in [0.717, 1.165) is 12.0 Å². The van der Waals surface area contributed by atoms with Crippen LogP contribution in [0.5, 0.6) is 0 Å². The lowest BCUT2D eigenvalue weighted by atomic mass is 9.79. The van der Waals surface area contributed by atoms with Gasteiger partial charge in [0.1, 0.15) is 10.6 Å². The third kappa shape index (κ3) is 3.43. The second-order valence-electron chi connectivity index (χ2n) is 6.83. The zero-order valence-electron chi connectivity index (χ0n) is 14.9. The van der Waals surface area contributed by atoms with Crippen LogP contribution in [-0.2, 0) is 12.8 Å². The minimum atomic E-state index is -1.22. The van der Waals surface area contributed by atoms with Gasteiger partial charge in [0, 0.05) is 11.1 Å². The molecule has 0 bridgehead atoms. The molecular weight excluding hydrogens is 377 g/mol. The summed E-state index contributed by atoms with van der Waals surface area (Å²) in [6, 6.07) is 16.4. The molecule has 1 unspecified atom stereocenters. The van der Waals surface area contributed by atoms with Gasteiger partial charge in [-0.05, 0) is 48.4 Å². The Morgan fingerprint density at radius 1 is 1.04 bits per heavy atom. The summed E-state index contributed by atoms with van der Waals surface area (Å²) in [5, 5.41) is 11.9. The fraction of sp³-hybridized carbons (Fsp3) is 0.182. The molecule has 4 nitrogen and oxygen atoms in total. The van der Waals surface area contributed by atoms with Crippen molar-refractivity contribution in [2.24, 2.45) is 0 Å². The number of thiophene rings is 1. The zero-order chi connectivity index (χ0) is 19.7. The number of aryl methyl sites for hydroxylation is 1. The highest BCUT2D eigenvalue weighted by Gasteiger charge is 2.32. The van der Waals surface area contributed by atoms with E-state index in [4.69, 9.17) is 0 Å². The molecule has 0 spiro atoms. The van der Waals surface area contributed by atoms with E-state index in [1.54, 1.807) is 30.3 Å². The fourth-order valence-corrected chi connectivity index (χ4v) is 4.79. The number of rotatable bonds is 4. The molecule has 0 saturated heterocycles. The van der Waals surface area contributed by atoms with Crippen LogP contribution in [0.4, 0.5) is 9.39 Å². The van der Waals surface area contributed by atoms with Gasteiger partial charge in [0.25, 0.3) is 5.91 Å². The van der Waals surface area contributed by atoms with Gasteiger partial charge in [-0.15, -0.1) is 0 Å². The van der Waals surface area contributed by atoms with E-state index in [1.165, 1.54) is 5.56 Å². The number of carboxylic acid groups (broad SMARTS) is 1. The molecule has 142 valence electrons. The Bertz CT molecular complexity index is 1050. The quantitative estimate of drug-likeness (QED) is 0.645. The van der Waals surface area contributed by atoms with Gasteiger partial charge in [0.2, 0.25) is 0 Å². The van der Waals surface area contributed by atoms with E-state index < -0.39 is 17.0 Å². The van der Waals surface area contributed by atoms with Gasteiger partial charge >= 0.3 is 5.97 Å². The van der Waals surface area contributed by atoms with E-state index in [0.29, 0.717) is 29.7 Å². The first kappa shape index (κ1) is 18.4. The van der Waals surface area contributed by atoms with Crippen molar-refractivity contribution >= 4 is 28.2 Å². The van der Waals surface area contributed by atoms with Gasteiger partial charge in [0.15, 0.2) is 5.13 Å². The molecule has 1 amide bonds. The highest BCUT2D eigenvalue weighted by atomic mass is 32.1. The maximum Gasteiger partial charge on any atom is 0.339 e. The van der Waals surface area contributed by atoms with Crippen molar-refractivity contribution in [3.63, 3.8) is 0 Å². The molecule has 0 fully saturated rings. The van der Waals surface area contributed by atoms with Crippen LogP contribution in [0, 0.1) is 5.13 Å². The maximum atomic E-state index is 14.8. The summed E-state index contributed by atoms with van der Waals surface area (Å²) in [6.07, 6.45) is 2.05. The van der Waals surface area contributed by atoms with Gasteiger partial charge in [-0.3, -0.25) is 4.79 Å². The van der Waals surface area contributed by atoms with Gasteiger partial charge in [0.05, 0.1) is 0 Å². The van der Waals surface area contributed by atoms with E-state index in [2.05, 4.69) is 11.4 Å². The molecule has 3 aromatic rings. The average molecular weight is 395 g/mol. The molecule has 1 aliphatic rings. The number of benzene rings is 2. The third-order valence-electron chi connectivity index (χ3n) is 5.13. The summed E-state index contributed by atoms with van der Waals surface area (Å²) >= 11 is 0.688. The van der Waals surface area contributed by atoms with E-state index in [9.17, 15) is 19.1 Å². The van der Waals surface area contributed by atoms with E-state index in [1.807, 2.05) is 18.2 Å². The highest BCUT2D eigenvalue weighted by Crippen LogP contribution is 2.42. The Labute approximate surface area is 165 Å². The van der Waals surface area contributed by atoms with Gasteiger partial charge in [-0.2, -0.15) is 4.39 Å². The normalized spacial score (nSPS) is 15.7. The predicted octanol–water partition coefficient (Wildman–Crippen LogP) is 5.11. The van der Waals surface area contributed by atoms with Crippen LogP contribution in [0.1, 0.15) is 49.7 Å². The number of carboxylic acids is 1. The van der Waals surface area contributed by atoms with Crippen molar-refractivity contribution in [1.29, 1.82) is 0 Å². The Balaban J connectivity index is 1.68. The van der Waals surface area contributed by atoms with Gasteiger partial charge in [-0.1, -0.05) is 53.8 Å². The van der Waals surface area contributed by atoms with Crippen molar-refractivity contribution in [2.45, 2.75) is 25.2 Å². The van der Waals surface area contributed by atoms with Crippen LogP contribution in [0.15, 0.2) is 54.6 Å². The number of carbonyl (C=O) groups excluding carboxylic acids is 1. The summed E-state index contributed by atoms with van der Waals surface area (Å²) in [5.74, 6) is -1.90. The lowest BCUT2D eigenvalue weighted by Crippen LogP contribution is -2.17. The molecule has 1 heterocycles. The lowest BCUT2D eigenvalue weighted by Gasteiger charge is -2.24. The van der Waals surface area contributed by atoms with Gasteiger partial charge in [-0.25, -0.2) is 4.79 Å². The van der Waals surface area contributed by atoms with Gasteiger partial charge < -0.3 is 10.4 Å². The minimum Gasteiger partial charge on any atom is -0.478 e. The molecule has 0 radical (unpaired) electrons. The summed E-state index contributed by atoms with van der Waals surface area (Å²) in [6.45, 7) is 0. The smallest absolute Gasteiger partial charge is 0.339 e. The van der Waals surface area contributed by atoms with Crippen molar-refractivity contribution in [2.75, 3.05) is 5.32 Å². The number of hydrogen-bond donors (Lipinski definition) is 2. The summed E-state index contributed by atoms with van der Waals surface area (Å²) in [4.78, 5) is 24.4. The van der Waals surface area contributed by atoms with Crippen LogP contribution in [-0.4, -0.2) is 17.0 Å². The Morgan fingerprint density at radius 3 is 2.43 bits per heavy atom. The number of amides is 1. The lowest BCUT2D eigenvalue weighted by molar-refractivity contribution is 0.0696. The van der Waals surface area contributed by atoms with Crippen molar-refractivity contribution < 1.29 is 19.1 Å². The third-order valence-corrected chi connectivity index (χ3v) is 6.04. The predicted molar refractivity (Wildman–Crippen MR) is 107 cm³/mol. The topological polar surface area (TPSA) is 66.4 Å². The number of anilines is 1. The number of hydrogen-bond acceptors (Lipinski definition) is 3. The molecule has 4 rings (SSSR count). The van der Waals surface area contributed by atoms with Crippen LogP contribution < -0.4 is 5.32 Å². The number of aromatic carboxylic acids is 1. The SMILES string of the molecule is O=C(Nc1sc(F)c(C2CCc3ccccc3C2)c1C(=O)O)c1ccccc1. The van der Waals surface area contributed by atoms with E-state index >= 15 is 0 Å². The molecule has 2 aromatic carbocycles. The summed E-state index contributed by atoms with van der Waals surface area (Å²) in [7, 11) is 0. The standard InChI is InChI=1S/C22H18FNO3S/c23-19-17(16-11-10-13-6-4-5-9-15(13)12-16)18(22(26)27)21(28-19)24-20(25)14-7-2-1-3-8-14/h1-9,16H,10-12H2,(H,24,25)(H,26,27). The first-order valence-corrected chi connectivity index (χ1v) is 9.85. The second-order valence-corrected chi connectivity index (χ2v) is 7.80. The molecule has 2 N–H and O–H groups in total. The maximum absolute atomic E-state index is 14.8. The zero-order valence-corrected chi connectivity index (χ0v) is 15.8. The molecule has 0 aliphatic heterocycles. The average Bonchev–Trinajstić information content (AvgIpc) is 3.04. The number of halogens is 1. The summed E-state index contributed by atoms with van der Waals surface area (Å²) in [5.41, 5.74) is 2.81. The van der Waals surface area contributed by atoms with Crippen LogP contribution >= 0.6 is 11.3 Å². The Hall–Kier alpha value is -2.99. The fourth-order valence-electron chi connectivity index (χ4n) is 3.79. The molecule has 1 aliphatic carbocycles. The van der Waals surface area contributed by atoms with Crippen molar-refractivity contribution in [1.82, 2.24) is 0 Å². The molecule has 0 saturated carbocycles. The van der Waals surface area contributed by atoms with Crippen LogP contribution in [0.25, 0.3) is 0 Å². The molecular formula is C22H18FNO3S. The molecule has 1 aromatic heterocycles. The molecule has 1 atom stereocenters. The minimum absolute atomic E-state index is 0.0488. The molecule has 6 heteroatoms. The Morgan fingerprint density at radius 2 is 1.71 bits per heavy atom. The first-order valence-electron chi connectivity index (χ1n) is 9.03. The van der Waals surface area contributed by atoms with Crippen molar-refractivity contribution in [3.05, 3.63) is 87.5 Å². The largest absolute Gasteiger partial charge is 0.478 e. The monoisotopic (exact) mass is 395 g/mol. The molecule has 28 heavy (non-hydrogen) atoms. The van der Waals surface area contributed by atoms with Crippen LogP contribution in [0.3, 0.4) is 0 Å². The van der Waals surface area contributed by atoms with Crippen LogP contribution in [0.2, 0.25) is 0 Å². The highest BCUT2D eigenvalue weighted by molar-refractivity contribution is 7.15.